The minimum atomic E-state index is -0.429. The Morgan fingerprint density at radius 3 is 2.58 bits per heavy atom. The monoisotopic (exact) mass is 448 g/mol. The summed E-state index contributed by atoms with van der Waals surface area (Å²) < 4.78 is 23.7. The number of nitrogens with zero attached hydrogens (tertiary/aromatic N) is 3. The molecule has 33 heavy (non-hydrogen) atoms. The van der Waals surface area contributed by atoms with E-state index in [0.717, 1.165) is 38.3 Å². The molecular formula is C25H25FN4O3. The molecule has 170 valence electrons. The molecule has 1 spiro atoms. The Labute approximate surface area is 191 Å². The van der Waals surface area contributed by atoms with Crippen molar-refractivity contribution in [2.24, 2.45) is 11.3 Å². The summed E-state index contributed by atoms with van der Waals surface area (Å²) in [5.74, 6) is 1.84. The highest BCUT2D eigenvalue weighted by Crippen LogP contribution is 2.64. The van der Waals surface area contributed by atoms with E-state index < -0.39 is 5.82 Å². The molecule has 0 bridgehead atoms. The molecule has 3 aromatic heterocycles. The number of pyridine rings is 3. The van der Waals surface area contributed by atoms with Crippen molar-refractivity contribution >= 4 is 11.7 Å². The van der Waals surface area contributed by atoms with Crippen molar-refractivity contribution in [2.45, 2.75) is 38.0 Å². The lowest BCUT2D eigenvalue weighted by Gasteiger charge is -2.30. The molecule has 8 heteroatoms. The predicted molar refractivity (Wildman–Crippen MR) is 120 cm³/mol. The molecule has 5 rings (SSSR count). The van der Waals surface area contributed by atoms with Crippen LogP contribution in [0.2, 0.25) is 0 Å². The summed E-state index contributed by atoms with van der Waals surface area (Å²) >= 11 is 0. The number of nitrogens with one attached hydrogen (secondary N) is 1. The molecule has 0 radical (unpaired) electrons. The molecule has 0 saturated heterocycles. The highest BCUT2D eigenvalue weighted by molar-refractivity contribution is 5.94. The van der Waals surface area contributed by atoms with Crippen LogP contribution in [0.1, 0.15) is 43.6 Å². The van der Waals surface area contributed by atoms with E-state index in [1.807, 2.05) is 12.3 Å². The topological polar surface area (TPSA) is 86.2 Å². The molecule has 3 heterocycles. The molecule has 2 aliphatic rings. The maximum Gasteiger partial charge on any atom is 0.229 e. The maximum atomic E-state index is 13.0. The number of methoxy groups -OCH3 is 1. The number of anilines is 1. The Bertz CT molecular complexity index is 1120. The number of halogens is 1. The number of aromatic nitrogens is 3. The summed E-state index contributed by atoms with van der Waals surface area (Å²) in [5.41, 5.74) is 1.29. The SMILES string of the molecule is COc1ccc(C2CCCC3(C2)CC3C(=O)Nc2ccc(Oc3ccc(F)cn3)cn2)cn1. The Balaban J connectivity index is 1.18. The van der Waals surface area contributed by atoms with E-state index in [0.29, 0.717) is 23.4 Å². The molecule has 0 aliphatic heterocycles. The highest BCUT2D eigenvalue weighted by atomic mass is 19.1. The summed E-state index contributed by atoms with van der Waals surface area (Å²) in [6.45, 7) is 0. The summed E-state index contributed by atoms with van der Waals surface area (Å²) in [6, 6.07) is 10.1. The number of carbonyl (C=O) groups excluding carboxylic acids is 1. The first-order valence-corrected chi connectivity index (χ1v) is 11.1. The van der Waals surface area contributed by atoms with E-state index in [9.17, 15) is 9.18 Å². The summed E-state index contributed by atoms with van der Waals surface area (Å²) in [5, 5.41) is 2.94. The lowest BCUT2D eigenvalue weighted by Crippen LogP contribution is -2.23. The number of hydrogen-bond donors (Lipinski definition) is 1. The Morgan fingerprint density at radius 2 is 1.88 bits per heavy atom. The third-order valence-electron chi connectivity index (χ3n) is 6.74. The van der Waals surface area contributed by atoms with Crippen LogP contribution in [-0.2, 0) is 4.79 Å². The van der Waals surface area contributed by atoms with Gasteiger partial charge in [-0.2, -0.15) is 0 Å². The van der Waals surface area contributed by atoms with Crippen LogP contribution >= 0.6 is 0 Å². The van der Waals surface area contributed by atoms with Gasteiger partial charge in [0.2, 0.25) is 17.7 Å². The molecule has 2 saturated carbocycles. The van der Waals surface area contributed by atoms with Gasteiger partial charge in [-0.3, -0.25) is 4.79 Å². The fraction of sp³-hybridized carbons (Fsp3) is 0.360. The summed E-state index contributed by atoms with van der Waals surface area (Å²) in [6.07, 6.45) is 9.73. The van der Waals surface area contributed by atoms with Crippen LogP contribution in [0, 0.1) is 17.2 Å². The van der Waals surface area contributed by atoms with E-state index in [1.54, 1.807) is 19.2 Å². The fourth-order valence-corrected chi connectivity index (χ4v) is 4.93. The number of carbonyl (C=O) groups is 1. The smallest absolute Gasteiger partial charge is 0.229 e. The molecule has 2 fully saturated rings. The van der Waals surface area contributed by atoms with E-state index in [4.69, 9.17) is 9.47 Å². The molecule has 7 nitrogen and oxygen atoms in total. The molecule has 3 atom stereocenters. The van der Waals surface area contributed by atoms with Crippen molar-refractivity contribution in [3.05, 3.63) is 66.4 Å². The molecule has 0 aromatic carbocycles. The second-order valence-corrected chi connectivity index (χ2v) is 8.83. The van der Waals surface area contributed by atoms with Gasteiger partial charge in [-0.1, -0.05) is 12.5 Å². The van der Waals surface area contributed by atoms with Gasteiger partial charge < -0.3 is 14.8 Å². The number of ether oxygens (including phenoxy) is 2. The second kappa shape index (κ2) is 8.77. The predicted octanol–water partition coefficient (Wildman–Crippen LogP) is 5.11. The van der Waals surface area contributed by atoms with Gasteiger partial charge in [-0.05, 0) is 60.8 Å². The van der Waals surface area contributed by atoms with Crippen molar-refractivity contribution in [2.75, 3.05) is 12.4 Å². The zero-order valence-corrected chi connectivity index (χ0v) is 18.3. The van der Waals surface area contributed by atoms with Crippen molar-refractivity contribution in [1.29, 1.82) is 0 Å². The van der Waals surface area contributed by atoms with Gasteiger partial charge in [0.15, 0.2) is 0 Å². The Kier molecular flexibility index (Phi) is 5.66. The van der Waals surface area contributed by atoms with E-state index >= 15 is 0 Å². The third-order valence-corrected chi connectivity index (χ3v) is 6.74. The largest absolute Gasteiger partial charge is 0.481 e. The minimum Gasteiger partial charge on any atom is -0.481 e. The van der Waals surface area contributed by atoms with Crippen LogP contribution in [-0.4, -0.2) is 28.0 Å². The fourth-order valence-electron chi connectivity index (χ4n) is 4.93. The van der Waals surface area contributed by atoms with Crippen LogP contribution in [0.3, 0.4) is 0 Å². The number of hydrogen-bond acceptors (Lipinski definition) is 6. The Hall–Kier alpha value is -3.55. The quantitative estimate of drug-likeness (QED) is 0.564. The second-order valence-electron chi connectivity index (χ2n) is 8.83. The zero-order valence-electron chi connectivity index (χ0n) is 18.3. The molecule has 3 aromatic rings. The third kappa shape index (κ3) is 4.65. The average molecular weight is 448 g/mol. The molecule has 1 N–H and O–H groups in total. The van der Waals surface area contributed by atoms with Gasteiger partial charge in [0, 0.05) is 24.2 Å². The molecular weight excluding hydrogens is 423 g/mol. The van der Waals surface area contributed by atoms with Crippen molar-refractivity contribution in [3.63, 3.8) is 0 Å². The normalized spacial score (nSPS) is 23.7. The van der Waals surface area contributed by atoms with Gasteiger partial charge in [0.05, 0.1) is 19.5 Å². The first-order chi connectivity index (χ1) is 16.0. The van der Waals surface area contributed by atoms with Crippen molar-refractivity contribution in [3.8, 4) is 17.5 Å². The van der Waals surface area contributed by atoms with Gasteiger partial charge >= 0.3 is 0 Å². The van der Waals surface area contributed by atoms with Gasteiger partial charge in [0.25, 0.3) is 0 Å². The Morgan fingerprint density at radius 1 is 1.03 bits per heavy atom. The van der Waals surface area contributed by atoms with Crippen LogP contribution in [0.4, 0.5) is 10.2 Å². The van der Waals surface area contributed by atoms with E-state index in [1.165, 1.54) is 23.9 Å². The molecule has 1 amide bonds. The lowest BCUT2D eigenvalue weighted by atomic mass is 9.75. The van der Waals surface area contributed by atoms with E-state index in [-0.39, 0.29) is 23.1 Å². The van der Waals surface area contributed by atoms with E-state index in [2.05, 4.69) is 26.3 Å². The van der Waals surface area contributed by atoms with Crippen LogP contribution < -0.4 is 14.8 Å². The lowest BCUT2D eigenvalue weighted by molar-refractivity contribution is -0.118. The first-order valence-electron chi connectivity index (χ1n) is 11.1. The highest BCUT2D eigenvalue weighted by Gasteiger charge is 2.59. The number of rotatable bonds is 6. The van der Waals surface area contributed by atoms with Gasteiger partial charge in [0.1, 0.15) is 17.4 Å². The maximum absolute atomic E-state index is 13.0. The number of amides is 1. The summed E-state index contributed by atoms with van der Waals surface area (Å²) in [4.78, 5) is 25.4. The van der Waals surface area contributed by atoms with Crippen molar-refractivity contribution in [1.82, 2.24) is 15.0 Å². The standard InChI is InChI=1S/C25H25FN4O3/c1-32-22-8-4-17(13-28-22)16-3-2-10-25(11-16)12-20(25)24(31)30-21-7-6-19(15-27-21)33-23-9-5-18(26)14-29-23/h4-9,13-16,20H,2-3,10-12H2,1H3,(H,27,30,31). The van der Waals surface area contributed by atoms with Crippen LogP contribution in [0.5, 0.6) is 17.5 Å². The molecule has 2 aliphatic carbocycles. The first kappa shape index (κ1) is 21.3. The summed E-state index contributed by atoms with van der Waals surface area (Å²) in [7, 11) is 1.61. The van der Waals surface area contributed by atoms with Gasteiger partial charge in [-0.25, -0.2) is 19.3 Å². The van der Waals surface area contributed by atoms with Gasteiger partial charge in [-0.15, -0.1) is 0 Å². The molecule has 3 unspecified atom stereocenters. The van der Waals surface area contributed by atoms with Crippen LogP contribution in [0.25, 0.3) is 0 Å². The minimum absolute atomic E-state index is 0.00708. The zero-order chi connectivity index (χ0) is 22.8. The average Bonchev–Trinajstić information content (AvgIpc) is 3.54. The van der Waals surface area contributed by atoms with Crippen LogP contribution in [0.15, 0.2) is 55.0 Å². The van der Waals surface area contributed by atoms with Crippen molar-refractivity contribution < 1.29 is 18.7 Å².